The Bertz CT molecular complexity index is 431. The number of hydrogen-bond donors (Lipinski definition) is 0. The Morgan fingerprint density at radius 1 is 1.40 bits per heavy atom. The molecule has 3 heterocycles. The second-order valence-corrected chi connectivity index (χ2v) is 6.90. The maximum absolute atomic E-state index is 5.87. The van der Waals surface area contributed by atoms with Crippen LogP contribution in [0.1, 0.15) is 31.9 Å². The summed E-state index contributed by atoms with van der Waals surface area (Å²) < 4.78 is 5.87. The molecule has 2 atom stereocenters. The molecule has 0 unspecified atom stereocenters. The maximum Gasteiger partial charge on any atom is 0.185 e. The van der Waals surface area contributed by atoms with Crippen LogP contribution in [-0.4, -0.2) is 54.8 Å². The summed E-state index contributed by atoms with van der Waals surface area (Å²) in [7, 11) is 0. The van der Waals surface area contributed by atoms with Gasteiger partial charge in [0.2, 0.25) is 0 Å². The Balaban J connectivity index is 1.53. The van der Waals surface area contributed by atoms with Crippen molar-refractivity contribution in [2.75, 3.05) is 37.7 Å². The van der Waals surface area contributed by atoms with E-state index in [-0.39, 0.29) is 0 Å². The van der Waals surface area contributed by atoms with Crippen molar-refractivity contribution >= 4 is 16.5 Å². The molecule has 112 valence electrons. The first-order chi connectivity index (χ1) is 9.72. The quantitative estimate of drug-likeness (QED) is 0.857. The molecule has 0 spiro atoms. The van der Waals surface area contributed by atoms with Crippen LogP contribution in [0, 0.1) is 6.92 Å². The van der Waals surface area contributed by atoms with Crippen molar-refractivity contribution in [1.82, 2.24) is 9.88 Å². The SMILES string of the molecule is Cc1csc(N2CCN(C[C@H]3CCCCO3)C[C@H]2C)n1. The highest BCUT2D eigenvalue weighted by atomic mass is 32.1. The normalized spacial score (nSPS) is 28.8. The summed E-state index contributed by atoms with van der Waals surface area (Å²) in [6, 6.07) is 0.540. The highest BCUT2D eigenvalue weighted by molar-refractivity contribution is 7.13. The lowest BCUT2D eigenvalue weighted by Gasteiger charge is -2.41. The monoisotopic (exact) mass is 295 g/mol. The standard InChI is InChI=1S/C15H25N3OS/c1-12-11-20-15(16-12)18-7-6-17(9-13(18)2)10-14-5-3-4-8-19-14/h11,13-14H,3-10H2,1-2H3/t13-,14-/m1/s1. The third-order valence-electron chi connectivity index (χ3n) is 4.30. The van der Waals surface area contributed by atoms with E-state index in [1.807, 2.05) is 0 Å². The molecule has 2 saturated heterocycles. The number of rotatable bonds is 3. The first-order valence-corrected chi connectivity index (χ1v) is 8.63. The second kappa shape index (κ2) is 6.41. The predicted octanol–water partition coefficient (Wildman–Crippen LogP) is 2.53. The van der Waals surface area contributed by atoms with E-state index in [9.17, 15) is 0 Å². The highest BCUT2D eigenvalue weighted by Gasteiger charge is 2.27. The van der Waals surface area contributed by atoms with Gasteiger partial charge in [-0.1, -0.05) is 0 Å². The number of piperazine rings is 1. The molecule has 0 aliphatic carbocycles. The minimum absolute atomic E-state index is 0.463. The lowest BCUT2D eigenvalue weighted by Crippen LogP contribution is -2.53. The molecule has 4 nitrogen and oxygen atoms in total. The van der Waals surface area contributed by atoms with Crippen LogP contribution in [0.2, 0.25) is 0 Å². The average molecular weight is 295 g/mol. The van der Waals surface area contributed by atoms with Crippen molar-refractivity contribution in [1.29, 1.82) is 0 Å². The fraction of sp³-hybridized carbons (Fsp3) is 0.800. The zero-order valence-corrected chi connectivity index (χ0v) is 13.4. The fourth-order valence-corrected chi connectivity index (χ4v) is 4.13. The molecule has 2 aliphatic rings. The van der Waals surface area contributed by atoms with Gasteiger partial charge in [-0.25, -0.2) is 4.98 Å². The van der Waals surface area contributed by atoms with E-state index in [1.165, 1.54) is 24.4 Å². The van der Waals surface area contributed by atoms with Gasteiger partial charge in [-0.05, 0) is 33.1 Å². The van der Waals surface area contributed by atoms with E-state index in [0.29, 0.717) is 12.1 Å². The van der Waals surface area contributed by atoms with Crippen LogP contribution in [0.5, 0.6) is 0 Å². The summed E-state index contributed by atoms with van der Waals surface area (Å²) in [5.41, 5.74) is 1.13. The summed E-state index contributed by atoms with van der Waals surface area (Å²) in [5, 5.41) is 3.33. The van der Waals surface area contributed by atoms with E-state index in [1.54, 1.807) is 11.3 Å². The smallest absolute Gasteiger partial charge is 0.185 e. The average Bonchev–Trinajstić information content (AvgIpc) is 2.86. The number of anilines is 1. The molecule has 5 heteroatoms. The highest BCUT2D eigenvalue weighted by Crippen LogP contribution is 2.25. The van der Waals surface area contributed by atoms with Gasteiger partial charge in [0.05, 0.1) is 11.8 Å². The Kier molecular flexibility index (Phi) is 4.58. The lowest BCUT2D eigenvalue weighted by atomic mass is 10.1. The molecule has 0 N–H and O–H groups in total. The molecule has 1 aromatic rings. The molecule has 0 bridgehead atoms. The number of nitrogens with zero attached hydrogens (tertiary/aromatic N) is 3. The maximum atomic E-state index is 5.87. The van der Waals surface area contributed by atoms with Crippen molar-refractivity contribution in [3.63, 3.8) is 0 Å². The van der Waals surface area contributed by atoms with Crippen LogP contribution in [0.15, 0.2) is 5.38 Å². The molecule has 20 heavy (non-hydrogen) atoms. The van der Waals surface area contributed by atoms with Gasteiger partial charge in [-0.2, -0.15) is 0 Å². The fourth-order valence-electron chi connectivity index (χ4n) is 3.20. The van der Waals surface area contributed by atoms with Crippen LogP contribution in [0.3, 0.4) is 0 Å². The van der Waals surface area contributed by atoms with Crippen molar-refractivity contribution < 1.29 is 4.74 Å². The number of hydrogen-bond acceptors (Lipinski definition) is 5. The molecular formula is C15H25N3OS. The van der Waals surface area contributed by atoms with E-state index in [2.05, 4.69) is 34.0 Å². The third-order valence-corrected chi connectivity index (χ3v) is 5.30. The minimum atomic E-state index is 0.463. The molecule has 2 aliphatic heterocycles. The number of aryl methyl sites for hydroxylation is 1. The zero-order chi connectivity index (χ0) is 13.9. The van der Waals surface area contributed by atoms with Crippen molar-refractivity contribution in [3.8, 4) is 0 Å². The Hall–Kier alpha value is -0.650. The van der Waals surface area contributed by atoms with Gasteiger partial charge in [0.25, 0.3) is 0 Å². The first kappa shape index (κ1) is 14.3. The molecule has 0 saturated carbocycles. The molecule has 0 amide bonds. The lowest BCUT2D eigenvalue weighted by molar-refractivity contribution is -0.00823. The van der Waals surface area contributed by atoms with Crippen LogP contribution in [0.25, 0.3) is 0 Å². The Morgan fingerprint density at radius 2 is 2.30 bits per heavy atom. The van der Waals surface area contributed by atoms with E-state index >= 15 is 0 Å². The van der Waals surface area contributed by atoms with Gasteiger partial charge in [0.1, 0.15) is 0 Å². The number of aromatic nitrogens is 1. The van der Waals surface area contributed by atoms with Gasteiger partial charge in [0, 0.05) is 44.2 Å². The van der Waals surface area contributed by atoms with Gasteiger partial charge < -0.3 is 9.64 Å². The van der Waals surface area contributed by atoms with Crippen molar-refractivity contribution in [3.05, 3.63) is 11.1 Å². The molecule has 1 aromatic heterocycles. The molecule has 0 aromatic carbocycles. The van der Waals surface area contributed by atoms with Crippen LogP contribution in [0.4, 0.5) is 5.13 Å². The molecular weight excluding hydrogens is 270 g/mol. The van der Waals surface area contributed by atoms with Crippen LogP contribution >= 0.6 is 11.3 Å². The minimum Gasteiger partial charge on any atom is -0.377 e. The number of ether oxygens (including phenoxy) is 1. The summed E-state index contributed by atoms with van der Waals surface area (Å²) in [4.78, 5) is 9.65. The molecule has 0 radical (unpaired) electrons. The third kappa shape index (κ3) is 3.32. The summed E-state index contributed by atoms with van der Waals surface area (Å²) in [5.74, 6) is 0. The summed E-state index contributed by atoms with van der Waals surface area (Å²) in [6.45, 7) is 9.78. The van der Waals surface area contributed by atoms with Crippen molar-refractivity contribution in [2.45, 2.75) is 45.3 Å². The Labute approximate surface area is 125 Å². The first-order valence-electron chi connectivity index (χ1n) is 7.75. The van der Waals surface area contributed by atoms with Crippen LogP contribution < -0.4 is 4.90 Å². The predicted molar refractivity (Wildman–Crippen MR) is 83.7 cm³/mol. The zero-order valence-electron chi connectivity index (χ0n) is 12.5. The van der Waals surface area contributed by atoms with Gasteiger partial charge >= 0.3 is 0 Å². The summed E-state index contributed by atoms with van der Waals surface area (Å²) in [6.07, 6.45) is 4.27. The van der Waals surface area contributed by atoms with Crippen LogP contribution in [-0.2, 0) is 4.74 Å². The Morgan fingerprint density at radius 3 is 2.95 bits per heavy atom. The van der Waals surface area contributed by atoms with E-state index in [4.69, 9.17) is 4.74 Å². The second-order valence-electron chi connectivity index (χ2n) is 6.06. The number of thiazole rings is 1. The topological polar surface area (TPSA) is 28.6 Å². The summed E-state index contributed by atoms with van der Waals surface area (Å²) >= 11 is 1.77. The molecule has 3 rings (SSSR count). The van der Waals surface area contributed by atoms with E-state index < -0.39 is 0 Å². The largest absolute Gasteiger partial charge is 0.377 e. The molecule has 2 fully saturated rings. The van der Waals surface area contributed by atoms with Gasteiger partial charge in [-0.3, -0.25) is 4.90 Å². The van der Waals surface area contributed by atoms with Gasteiger partial charge in [0.15, 0.2) is 5.13 Å². The van der Waals surface area contributed by atoms with E-state index in [0.717, 1.165) is 38.5 Å². The van der Waals surface area contributed by atoms with Gasteiger partial charge in [-0.15, -0.1) is 11.3 Å². The van der Waals surface area contributed by atoms with Crippen molar-refractivity contribution in [2.24, 2.45) is 0 Å².